The van der Waals surface area contributed by atoms with Crippen LogP contribution in [0.5, 0.6) is 11.5 Å². The number of hydrogen-bond acceptors (Lipinski definition) is 5. The summed E-state index contributed by atoms with van der Waals surface area (Å²) in [6.07, 6.45) is 0. The standard InChI is InChI=1S/C12H13N3O2/c1-16-8-3-4-9(11(7-8)17-2)10-5-6-12(13)15-14-10/h3-7H,1-2H3,(H2,13,15). The summed E-state index contributed by atoms with van der Waals surface area (Å²) >= 11 is 0. The fourth-order valence-corrected chi connectivity index (χ4v) is 1.50. The normalized spacial score (nSPS) is 10.0. The summed E-state index contributed by atoms with van der Waals surface area (Å²) in [5, 5.41) is 7.83. The first-order valence-corrected chi connectivity index (χ1v) is 5.06. The van der Waals surface area contributed by atoms with Crippen molar-refractivity contribution in [1.82, 2.24) is 10.2 Å². The van der Waals surface area contributed by atoms with Crippen LogP contribution >= 0.6 is 0 Å². The third-order valence-electron chi connectivity index (χ3n) is 2.37. The van der Waals surface area contributed by atoms with E-state index in [0.29, 0.717) is 17.3 Å². The van der Waals surface area contributed by atoms with Crippen LogP contribution in [0.15, 0.2) is 30.3 Å². The number of hydrogen-bond donors (Lipinski definition) is 1. The molecule has 0 saturated heterocycles. The molecule has 0 bridgehead atoms. The summed E-state index contributed by atoms with van der Waals surface area (Å²) in [7, 11) is 3.21. The van der Waals surface area contributed by atoms with Gasteiger partial charge in [0.05, 0.1) is 19.9 Å². The van der Waals surface area contributed by atoms with Crippen LogP contribution in [-0.2, 0) is 0 Å². The minimum absolute atomic E-state index is 0.390. The number of nitrogen functional groups attached to an aromatic ring is 1. The first-order valence-electron chi connectivity index (χ1n) is 5.06. The summed E-state index contributed by atoms with van der Waals surface area (Å²) in [6, 6.07) is 9.01. The number of rotatable bonds is 3. The van der Waals surface area contributed by atoms with Gasteiger partial charge in [0.15, 0.2) is 0 Å². The van der Waals surface area contributed by atoms with Crippen molar-refractivity contribution < 1.29 is 9.47 Å². The van der Waals surface area contributed by atoms with E-state index in [1.54, 1.807) is 32.4 Å². The van der Waals surface area contributed by atoms with Crippen molar-refractivity contribution in [2.45, 2.75) is 0 Å². The maximum absolute atomic E-state index is 5.50. The van der Waals surface area contributed by atoms with E-state index >= 15 is 0 Å². The fourth-order valence-electron chi connectivity index (χ4n) is 1.50. The maximum Gasteiger partial charge on any atom is 0.146 e. The largest absolute Gasteiger partial charge is 0.497 e. The molecule has 1 heterocycles. The second-order valence-corrected chi connectivity index (χ2v) is 3.41. The second-order valence-electron chi connectivity index (χ2n) is 3.41. The molecule has 0 amide bonds. The quantitative estimate of drug-likeness (QED) is 0.871. The molecule has 2 N–H and O–H groups in total. The zero-order chi connectivity index (χ0) is 12.3. The molecular weight excluding hydrogens is 218 g/mol. The van der Waals surface area contributed by atoms with Gasteiger partial charge in [-0.2, -0.15) is 0 Å². The summed E-state index contributed by atoms with van der Waals surface area (Å²) in [4.78, 5) is 0. The van der Waals surface area contributed by atoms with Crippen molar-refractivity contribution in [1.29, 1.82) is 0 Å². The summed E-state index contributed by atoms with van der Waals surface area (Å²) in [5.41, 5.74) is 7.05. The first kappa shape index (κ1) is 11.2. The van der Waals surface area contributed by atoms with E-state index in [1.807, 2.05) is 12.1 Å². The lowest BCUT2D eigenvalue weighted by molar-refractivity contribution is 0.395. The number of aromatic nitrogens is 2. The van der Waals surface area contributed by atoms with Crippen molar-refractivity contribution in [3.05, 3.63) is 30.3 Å². The molecule has 2 rings (SSSR count). The molecule has 0 aliphatic rings. The Balaban J connectivity index is 2.47. The van der Waals surface area contributed by atoms with Crippen molar-refractivity contribution in [2.75, 3.05) is 20.0 Å². The van der Waals surface area contributed by atoms with E-state index in [9.17, 15) is 0 Å². The van der Waals surface area contributed by atoms with Crippen molar-refractivity contribution in [3.8, 4) is 22.8 Å². The van der Waals surface area contributed by atoms with Gasteiger partial charge in [0.25, 0.3) is 0 Å². The van der Waals surface area contributed by atoms with E-state index < -0.39 is 0 Å². The van der Waals surface area contributed by atoms with Crippen LogP contribution in [0.4, 0.5) is 5.82 Å². The molecule has 5 nitrogen and oxygen atoms in total. The fraction of sp³-hybridized carbons (Fsp3) is 0.167. The highest BCUT2D eigenvalue weighted by Crippen LogP contribution is 2.31. The van der Waals surface area contributed by atoms with Gasteiger partial charge >= 0.3 is 0 Å². The van der Waals surface area contributed by atoms with Gasteiger partial charge in [-0.25, -0.2) is 0 Å². The number of methoxy groups -OCH3 is 2. The summed E-state index contributed by atoms with van der Waals surface area (Å²) < 4.78 is 10.4. The molecule has 0 unspecified atom stereocenters. The molecule has 0 radical (unpaired) electrons. The average molecular weight is 231 g/mol. The van der Waals surface area contributed by atoms with E-state index in [1.165, 1.54) is 0 Å². The molecule has 1 aromatic carbocycles. The van der Waals surface area contributed by atoms with Gasteiger partial charge in [0.2, 0.25) is 0 Å². The zero-order valence-corrected chi connectivity index (χ0v) is 9.68. The predicted molar refractivity (Wildman–Crippen MR) is 65.0 cm³/mol. The van der Waals surface area contributed by atoms with E-state index in [4.69, 9.17) is 15.2 Å². The number of ether oxygens (including phenoxy) is 2. The maximum atomic E-state index is 5.50. The highest BCUT2D eigenvalue weighted by molar-refractivity contribution is 5.68. The van der Waals surface area contributed by atoms with Crippen LogP contribution in [0.3, 0.4) is 0 Å². The van der Waals surface area contributed by atoms with Crippen LogP contribution < -0.4 is 15.2 Å². The summed E-state index contributed by atoms with van der Waals surface area (Å²) in [5.74, 6) is 1.80. The molecule has 0 aliphatic carbocycles. The van der Waals surface area contributed by atoms with Crippen LogP contribution in [0.2, 0.25) is 0 Å². The molecule has 2 aromatic rings. The van der Waals surface area contributed by atoms with Crippen LogP contribution in [0.1, 0.15) is 0 Å². The summed E-state index contributed by atoms with van der Waals surface area (Å²) in [6.45, 7) is 0. The Morgan fingerprint density at radius 2 is 1.82 bits per heavy atom. The van der Waals surface area contributed by atoms with Gasteiger partial charge in [0, 0.05) is 11.6 Å². The SMILES string of the molecule is COc1ccc(-c2ccc(N)nn2)c(OC)c1. The van der Waals surface area contributed by atoms with E-state index in [-0.39, 0.29) is 0 Å². The van der Waals surface area contributed by atoms with Crippen molar-refractivity contribution in [2.24, 2.45) is 0 Å². The predicted octanol–water partition coefficient (Wildman–Crippen LogP) is 1.74. The Morgan fingerprint density at radius 3 is 2.41 bits per heavy atom. The third-order valence-corrected chi connectivity index (χ3v) is 2.37. The van der Waals surface area contributed by atoms with Crippen molar-refractivity contribution in [3.63, 3.8) is 0 Å². The van der Waals surface area contributed by atoms with Gasteiger partial charge in [-0.05, 0) is 24.3 Å². The van der Waals surface area contributed by atoms with Crippen LogP contribution in [0, 0.1) is 0 Å². The molecule has 1 aromatic heterocycles. The van der Waals surface area contributed by atoms with Gasteiger partial charge in [-0.3, -0.25) is 0 Å². The Kier molecular flexibility index (Phi) is 3.09. The molecular formula is C12H13N3O2. The highest BCUT2D eigenvalue weighted by atomic mass is 16.5. The van der Waals surface area contributed by atoms with Gasteiger partial charge in [0.1, 0.15) is 17.3 Å². The lowest BCUT2D eigenvalue weighted by Gasteiger charge is -2.09. The Morgan fingerprint density at radius 1 is 1.00 bits per heavy atom. The molecule has 0 fully saturated rings. The lowest BCUT2D eigenvalue weighted by Crippen LogP contribution is -1.96. The molecule has 0 spiro atoms. The van der Waals surface area contributed by atoms with Gasteiger partial charge < -0.3 is 15.2 Å². The average Bonchev–Trinajstić information content (AvgIpc) is 2.39. The monoisotopic (exact) mass is 231 g/mol. The van der Waals surface area contributed by atoms with Crippen LogP contribution in [-0.4, -0.2) is 24.4 Å². The van der Waals surface area contributed by atoms with Crippen molar-refractivity contribution >= 4 is 5.82 Å². The topological polar surface area (TPSA) is 70.3 Å². The zero-order valence-electron chi connectivity index (χ0n) is 9.68. The van der Waals surface area contributed by atoms with Crippen LogP contribution in [0.25, 0.3) is 11.3 Å². The third kappa shape index (κ3) is 2.28. The minimum atomic E-state index is 0.390. The molecule has 0 aliphatic heterocycles. The minimum Gasteiger partial charge on any atom is -0.497 e. The molecule has 17 heavy (non-hydrogen) atoms. The molecule has 0 saturated carbocycles. The molecule has 0 atom stereocenters. The Hall–Kier alpha value is -2.30. The van der Waals surface area contributed by atoms with Gasteiger partial charge in [-0.15, -0.1) is 10.2 Å². The lowest BCUT2D eigenvalue weighted by atomic mass is 10.1. The highest BCUT2D eigenvalue weighted by Gasteiger charge is 2.08. The Bertz CT molecular complexity index is 512. The second kappa shape index (κ2) is 4.69. The number of nitrogens with two attached hydrogens (primary N) is 1. The molecule has 5 heteroatoms. The van der Waals surface area contributed by atoms with Gasteiger partial charge in [-0.1, -0.05) is 0 Å². The van der Waals surface area contributed by atoms with E-state index in [0.717, 1.165) is 11.3 Å². The first-order chi connectivity index (χ1) is 8.24. The number of benzene rings is 1. The Labute approximate surface area is 99.2 Å². The number of anilines is 1. The smallest absolute Gasteiger partial charge is 0.146 e. The number of nitrogens with zero attached hydrogens (tertiary/aromatic N) is 2. The van der Waals surface area contributed by atoms with E-state index in [2.05, 4.69) is 10.2 Å². The molecule has 88 valence electrons.